The van der Waals surface area contributed by atoms with E-state index in [1.807, 2.05) is 26.0 Å². The van der Waals surface area contributed by atoms with Gasteiger partial charge in [-0.3, -0.25) is 0 Å². The minimum Gasteiger partial charge on any atom is -0.477 e. The molecule has 0 aromatic heterocycles. The third kappa shape index (κ3) is 1.27. The summed E-state index contributed by atoms with van der Waals surface area (Å²) in [5.74, 6) is -0.974. The third-order valence-electron chi connectivity index (χ3n) is 2.22. The predicted octanol–water partition coefficient (Wildman–Crippen LogP) is 1.98. The molecule has 1 aliphatic rings. The quantitative estimate of drug-likeness (QED) is 0.732. The van der Waals surface area contributed by atoms with Crippen LogP contribution in [0.4, 0.5) is 5.69 Å². The molecule has 1 heterocycles. The molecule has 1 radical (unpaired) electrons. The first-order valence-electron chi connectivity index (χ1n) is 4.36. The van der Waals surface area contributed by atoms with E-state index in [1.54, 1.807) is 6.08 Å². The van der Waals surface area contributed by atoms with Crippen molar-refractivity contribution in [2.24, 2.45) is 0 Å². The first-order valence-corrected chi connectivity index (χ1v) is 4.36. The summed E-state index contributed by atoms with van der Waals surface area (Å²) in [6, 6.07) is 3.95. The standard InChI is InChI=1S/C11H10NO2/c1-6-3-7(2)10-8(4-6)5-9(12-10)11(13)14/h3-5H,1-2H3,(H,13,14). The second kappa shape index (κ2) is 2.87. The number of aliphatic carboxylic acids is 1. The number of benzene rings is 1. The minimum atomic E-state index is -0.974. The van der Waals surface area contributed by atoms with Crippen LogP contribution in [0.3, 0.4) is 0 Å². The number of rotatable bonds is 1. The van der Waals surface area contributed by atoms with E-state index in [9.17, 15) is 4.79 Å². The molecular weight excluding hydrogens is 178 g/mol. The Bertz CT molecular complexity index is 447. The van der Waals surface area contributed by atoms with Crippen LogP contribution >= 0.6 is 0 Å². The SMILES string of the molecule is Cc1cc(C)c2c(c1)C=C(C(=O)O)[N]2. The Morgan fingerprint density at radius 3 is 2.71 bits per heavy atom. The highest BCUT2D eigenvalue weighted by atomic mass is 16.4. The Hall–Kier alpha value is -1.77. The second-order valence-corrected chi connectivity index (χ2v) is 3.47. The molecule has 1 aliphatic heterocycles. The number of hydrogen-bond acceptors (Lipinski definition) is 1. The molecule has 2 rings (SSSR count). The largest absolute Gasteiger partial charge is 0.477 e. The molecule has 1 aromatic rings. The first kappa shape index (κ1) is 8.81. The van der Waals surface area contributed by atoms with Crippen molar-refractivity contribution in [1.82, 2.24) is 5.32 Å². The lowest BCUT2D eigenvalue weighted by Gasteiger charge is -2.04. The molecule has 0 fully saturated rings. The minimum absolute atomic E-state index is 0.119. The monoisotopic (exact) mass is 188 g/mol. The molecule has 0 amide bonds. The van der Waals surface area contributed by atoms with Crippen molar-refractivity contribution in [3.8, 4) is 0 Å². The fraction of sp³-hybridized carbons (Fsp3) is 0.182. The van der Waals surface area contributed by atoms with Gasteiger partial charge in [0.05, 0.1) is 5.69 Å². The lowest BCUT2D eigenvalue weighted by atomic mass is 10.1. The van der Waals surface area contributed by atoms with Crippen molar-refractivity contribution in [2.45, 2.75) is 13.8 Å². The summed E-state index contributed by atoms with van der Waals surface area (Å²) >= 11 is 0. The fourth-order valence-corrected chi connectivity index (χ4v) is 1.67. The normalized spacial score (nSPS) is 13.1. The number of carbonyl (C=O) groups is 1. The maximum Gasteiger partial charge on any atom is 0.354 e. The van der Waals surface area contributed by atoms with Crippen LogP contribution in [0.2, 0.25) is 0 Å². The topological polar surface area (TPSA) is 51.4 Å². The van der Waals surface area contributed by atoms with E-state index in [2.05, 4.69) is 5.32 Å². The molecule has 0 saturated heterocycles. The van der Waals surface area contributed by atoms with Gasteiger partial charge in [-0.05, 0) is 31.6 Å². The van der Waals surface area contributed by atoms with Gasteiger partial charge in [0.25, 0.3) is 0 Å². The van der Waals surface area contributed by atoms with Gasteiger partial charge in [-0.25, -0.2) is 10.1 Å². The summed E-state index contributed by atoms with van der Waals surface area (Å²) in [4.78, 5) is 10.7. The molecule has 1 aromatic carbocycles. The number of hydrogen-bond donors (Lipinski definition) is 1. The highest BCUT2D eigenvalue weighted by Gasteiger charge is 2.20. The van der Waals surface area contributed by atoms with Gasteiger partial charge in [0.15, 0.2) is 0 Å². The zero-order valence-electron chi connectivity index (χ0n) is 8.03. The molecule has 0 unspecified atom stereocenters. The summed E-state index contributed by atoms with van der Waals surface area (Å²) in [5.41, 5.74) is 3.95. The maximum absolute atomic E-state index is 10.7. The molecule has 14 heavy (non-hydrogen) atoms. The average molecular weight is 188 g/mol. The van der Waals surface area contributed by atoms with Crippen LogP contribution in [0.25, 0.3) is 6.08 Å². The van der Waals surface area contributed by atoms with Gasteiger partial charge in [0, 0.05) is 5.56 Å². The molecule has 0 spiro atoms. The Morgan fingerprint density at radius 2 is 2.07 bits per heavy atom. The summed E-state index contributed by atoms with van der Waals surface area (Å²) in [6.07, 6.45) is 1.61. The van der Waals surface area contributed by atoms with Crippen LogP contribution in [0.15, 0.2) is 17.8 Å². The Kier molecular flexibility index (Phi) is 1.81. The number of fused-ring (bicyclic) bond motifs is 1. The Balaban J connectivity index is 2.51. The van der Waals surface area contributed by atoms with Crippen LogP contribution in [-0.4, -0.2) is 11.1 Å². The average Bonchev–Trinajstić information content (AvgIpc) is 2.47. The van der Waals surface area contributed by atoms with Gasteiger partial charge in [-0.2, -0.15) is 0 Å². The molecule has 3 heteroatoms. The molecule has 0 bridgehead atoms. The van der Waals surface area contributed by atoms with Gasteiger partial charge in [-0.15, -0.1) is 0 Å². The zero-order chi connectivity index (χ0) is 10.3. The molecule has 3 nitrogen and oxygen atoms in total. The van der Waals surface area contributed by atoms with Gasteiger partial charge < -0.3 is 5.11 Å². The van der Waals surface area contributed by atoms with Crippen molar-refractivity contribution in [2.75, 3.05) is 0 Å². The van der Waals surface area contributed by atoms with Crippen molar-refractivity contribution < 1.29 is 9.90 Å². The van der Waals surface area contributed by atoms with Crippen LogP contribution in [-0.2, 0) is 4.79 Å². The number of aryl methyl sites for hydroxylation is 2. The van der Waals surface area contributed by atoms with E-state index < -0.39 is 5.97 Å². The van der Waals surface area contributed by atoms with E-state index in [0.29, 0.717) is 0 Å². The van der Waals surface area contributed by atoms with Crippen molar-refractivity contribution in [3.63, 3.8) is 0 Å². The van der Waals surface area contributed by atoms with E-state index in [1.165, 1.54) is 0 Å². The van der Waals surface area contributed by atoms with Crippen molar-refractivity contribution in [3.05, 3.63) is 34.5 Å². The Morgan fingerprint density at radius 1 is 1.36 bits per heavy atom. The summed E-state index contributed by atoms with van der Waals surface area (Å²) in [5, 5.41) is 12.8. The molecule has 1 N–H and O–H groups in total. The molecule has 0 saturated carbocycles. The molecule has 0 aliphatic carbocycles. The van der Waals surface area contributed by atoms with Crippen molar-refractivity contribution in [1.29, 1.82) is 0 Å². The van der Waals surface area contributed by atoms with Gasteiger partial charge in [0.1, 0.15) is 5.70 Å². The molecule has 71 valence electrons. The predicted molar refractivity (Wildman–Crippen MR) is 53.3 cm³/mol. The maximum atomic E-state index is 10.7. The zero-order valence-corrected chi connectivity index (χ0v) is 8.03. The lowest BCUT2D eigenvalue weighted by molar-refractivity contribution is -0.132. The summed E-state index contributed by atoms with van der Waals surface area (Å²) in [7, 11) is 0. The molecular formula is C11H10NO2. The van der Waals surface area contributed by atoms with Crippen molar-refractivity contribution >= 4 is 17.7 Å². The first-order chi connectivity index (χ1) is 6.58. The molecule has 0 atom stereocenters. The lowest BCUT2D eigenvalue weighted by Crippen LogP contribution is -2.05. The highest BCUT2D eigenvalue weighted by Crippen LogP contribution is 2.31. The fourth-order valence-electron chi connectivity index (χ4n) is 1.67. The third-order valence-corrected chi connectivity index (χ3v) is 2.22. The highest BCUT2D eigenvalue weighted by molar-refractivity contribution is 5.97. The number of nitrogens with zero attached hydrogens (tertiary/aromatic N) is 1. The van der Waals surface area contributed by atoms with Gasteiger partial charge in [-0.1, -0.05) is 11.6 Å². The summed E-state index contributed by atoms with van der Waals surface area (Å²) in [6.45, 7) is 3.92. The van der Waals surface area contributed by atoms with E-state index in [4.69, 9.17) is 5.11 Å². The van der Waals surface area contributed by atoms with Crippen LogP contribution in [0, 0.1) is 13.8 Å². The van der Waals surface area contributed by atoms with Gasteiger partial charge in [0.2, 0.25) is 0 Å². The van der Waals surface area contributed by atoms with Crippen LogP contribution in [0.5, 0.6) is 0 Å². The van der Waals surface area contributed by atoms with Crippen LogP contribution in [0.1, 0.15) is 16.7 Å². The van der Waals surface area contributed by atoms with E-state index >= 15 is 0 Å². The van der Waals surface area contributed by atoms with E-state index in [0.717, 1.165) is 22.4 Å². The van der Waals surface area contributed by atoms with Crippen LogP contribution < -0.4 is 5.32 Å². The number of carboxylic acid groups (broad SMARTS) is 1. The number of carboxylic acids is 1. The second-order valence-electron chi connectivity index (χ2n) is 3.47. The summed E-state index contributed by atoms with van der Waals surface area (Å²) < 4.78 is 0. The smallest absolute Gasteiger partial charge is 0.354 e. The van der Waals surface area contributed by atoms with E-state index in [-0.39, 0.29) is 5.70 Å². The Labute approximate surface area is 82.1 Å². The van der Waals surface area contributed by atoms with Gasteiger partial charge >= 0.3 is 5.97 Å².